The molecule has 55 heavy (non-hydrogen) atoms. The quantitative estimate of drug-likeness (QED) is 0.151. The number of ketones is 1. The Bertz CT molecular complexity index is 1930. The van der Waals surface area contributed by atoms with Gasteiger partial charge in [-0.2, -0.15) is 5.26 Å². The minimum atomic E-state index is -0.706. The summed E-state index contributed by atoms with van der Waals surface area (Å²) in [6, 6.07) is 9.74. The topological polar surface area (TPSA) is 79.5 Å². The number of carbonyl (C=O) groups excluding carboxylic acids is 2. The number of ether oxygens (including phenoxy) is 1. The Morgan fingerprint density at radius 2 is 1.62 bits per heavy atom. The van der Waals surface area contributed by atoms with Gasteiger partial charge in [0.15, 0.2) is 0 Å². The minimum Gasteiger partial charge on any atom is -0.462 e. The smallest absolute Gasteiger partial charge is 0.307 e. The molecule has 0 bridgehead atoms. The van der Waals surface area contributed by atoms with Crippen LogP contribution in [0.4, 0.5) is 5.69 Å². The van der Waals surface area contributed by atoms with Gasteiger partial charge < -0.3 is 4.74 Å². The van der Waals surface area contributed by atoms with Crippen LogP contribution in [0.25, 0.3) is 0 Å². The number of hydrogen-bond acceptors (Lipinski definition) is 5. The van der Waals surface area contributed by atoms with Crippen LogP contribution in [-0.2, 0) is 14.3 Å². The zero-order chi connectivity index (χ0) is 40.5. The number of aliphatic imine (C=N–C) groups is 1. The van der Waals surface area contributed by atoms with E-state index in [2.05, 4.69) is 86.8 Å². The molecule has 8 atom stereocenters. The molecule has 0 heterocycles. The number of esters is 1. The first kappa shape index (κ1) is 41.2. The zero-order valence-electron chi connectivity index (χ0n) is 36.2. The summed E-state index contributed by atoms with van der Waals surface area (Å²) in [4.78, 5) is 30.5. The van der Waals surface area contributed by atoms with Gasteiger partial charge >= 0.3 is 5.97 Å². The van der Waals surface area contributed by atoms with Crippen molar-refractivity contribution in [1.29, 1.82) is 5.26 Å². The first-order valence-corrected chi connectivity index (χ1v) is 21.2. The molecular formula is C50H68N2O3. The number of carbonyl (C=O) groups is 2. The highest BCUT2D eigenvalue weighted by atomic mass is 16.5. The molecule has 5 heteroatoms. The summed E-state index contributed by atoms with van der Waals surface area (Å²) in [6.45, 7) is 31.4. The summed E-state index contributed by atoms with van der Waals surface area (Å²) < 4.78 is 6.32. The van der Waals surface area contributed by atoms with Crippen LogP contribution in [0.3, 0.4) is 0 Å². The number of fused-ring (bicyclic) bond motifs is 7. The predicted octanol–water partition coefficient (Wildman–Crippen LogP) is 12.6. The number of nitrogens with zero attached hydrogens (tertiary/aromatic N) is 2. The molecule has 1 aromatic carbocycles. The molecule has 0 aliphatic heterocycles. The van der Waals surface area contributed by atoms with Gasteiger partial charge in [0.25, 0.3) is 0 Å². The molecule has 5 nitrogen and oxygen atoms in total. The molecule has 0 saturated heterocycles. The molecular weight excluding hydrogens is 677 g/mol. The lowest BCUT2D eigenvalue weighted by molar-refractivity contribution is -0.232. The highest BCUT2D eigenvalue weighted by Crippen LogP contribution is 2.77. The van der Waals surface area contributed by atoms with Crippen LogP contribution in [0, 0.1) is 67.5 Å². The largest absolute Gasteiger partial charge is 0.462 e. The van der Waals surface area contributed by atoms with Gasteiger partial charge in [0.1, 0.15) is 11.9 Å². The van der Waals surface area contributed by atoms with E-state index in [1.807, 2.05) is 38.1 Å². The molecule has 0 amide bonds. The molecule has 5 aliphatic carbocycles. The molecule has 0 spiro atoms. The molecule has 0 radical (unpaired) electrons. The first-order chi connectivity index (χ1) is 25.6. The Labute approximate surface area is 332 Å². The predicted molar refractivity (Wildman–Crippen MR) is 224 cm³/mol. The second-order valence-corrected chi connectivity index (χ2v) is 20.7. The highest BCUT2D eigenvalue weighted by Gasteiger charge is 2.70. The van der Waals surface area contributed by atoms with Crippen molar-refractivity contribution in [3.63, 3.8) is 0 Å². The maximum Gasteiger partial charge on any atom is 0.307 e. The van der Waals surface area contributed by atoms with Gasteiger partial charge in [-0.15, -0.1) is 5.73 Å². The average Bonchev–Trinajstić information content (AvgIpc) is 3.46. The fourth-order valence-corrected chi connectivity index (χ4v) is 13.5. The van der Waals surface area contributed by atoms with E-state index >= 15 is 0 Å². The third-order valence-electron chi connectivity index (χ3n) is 16.9. The number of nitriles is 1. The number of hydrogen-bond donors (Lipinski definition) is 0. The third-order valence-corrected chi connectivity index (χ3v) is 16.9. The number of rotatable bonds is 8. The lowest BCUT2D eigenvalue weighted by Gasteiger charge is -2.72. The molecule has 0 N–H and O–H groups in total. The summed E-state index contributed by atoms with van der Waals surface area (Å²) >= 11 is 0. The van der Waals surface area contributed by atoms with Crippen LogP contribution < -0.4 is 0 Å². The number of Topliss-reactive ketones (excluding diaryl/α,β-unsaturated/α-hetero) is 1. The van der Waals surface area contributed by atoms with E-state index in [0.717, 1.165) is 43.5 Å². The fraction of sp³-hybridized carbons (Fsp3) is 0.660. The number of allylic oxidation sites excluding steroid dienone is 5. The summed E-state index contributed by atoms with van der Waals surface area (Å²) in [6.07, 6.45) is 12.3. The molecule has 4 fully saturated rings. The van der Waals surface area contributed by atoms with Gasteiger partial charge in [-0.25, -0.2) is 0 Å². The Balaban J connectivity index is 1.33. The molecule has 6 rings (SSSR count). The van der Waals surface area contributed by atoms with Crippen molar-refractivity contribution < 1.29 is 14.3 Å². The van der Waals surface area contributed by atoms with Crippen molar-refractivity contribution in [3.8, 4) is 6.07 Å². The maximum absolute atomic E-state index is 13.3. The van der Waals surface area contributed by atoms with Gasteiger partial charge in [-0.1, -0.05) is 80.0 Å². The van der Waals surface area contributed by atoms with Gasteiger partial charge in [0.2, 0.25) is 0 Å². The molecule has 1 aromatic rings. The second kappa shape index (κ2) is 14.2. The molecule has 296 valence electrons. The SMILES string of the molecule is C=C=C1CC2(/C(C)=C/C(C)=Nc3ccc(C#N)cc3)CCC3(C)C(CCC4C5(C)CCC(OC(=O)CC(C)(C)C(C)=O)C(C)(C)C5CCC43C)C2=C1C(C)C. The van der Waals surface area contributed by atoms with Gasteiger partial charge in [0, 0.05) is 22.0 Å². The van der Waals surface area contributed by atoms with Crippen molar-refractivity contribution in [1.82, 2.24) is 0 Å². The third kappa shape index (κ3) is 6.48. The fourth-order valence-electron chi connectivity index (χ4n) is 13.5. The Hall–Kier alpha value is -3.48. The van der Waals surface area contributed by atoms with Gasteiger partial charge in [-0.3, -0.25) is 14.6 Å². The zero-order valence-corrected chi connectivity index (χ0v) is 36.2. The van der Waals surface area contributed by atoms with E-state index < -0.39 is 5.41 Å². The summed E-state index contributed by atoms with van der Waals surface area (Å²) in [5, 5.41) is 9.27. The van der Waals surface area contributed by atoms with E-state index in [9.17, 15) is 14.9 Å². The van der Waals surface area contributed by atoms with Crippen LogP contribution in [0.15, 0.2) is 69.9 Å². The van der Waals surface area contributed by atoms with E-state index in [0.29, 0.717) is 29.2 Å². The van der Waals surface area contributed by atoms with Crippen molar-refractivity contribution in [2.45, 2.75) is 153 Å². The van der Waals surface area contributed by atoms with E-state index in [-0.39, 0.29) is 51.4 Å². The van der Waals surface area contributed by atoms with Crippen LogP contribution in [0.1, 0.15) is 153 Å². The number of benzene rings is 1. The van der Waals surface area contributed by atoms with E-state index in [1.54, 1.807) is 12.5 Å². The Morgan fingerprint density at radius 1 is 0.945 bits per heavy atom. The van der Waals surface area contributed by atoms with Crippen molar-refractivity contribution in [3.05, 3.63) is 70.5 Å². The van der Waals surface area contributed by atoms with Crippen LogP contribution >= 0.6 is 0 Å². The average molecular weight is 745 g/mol. The van der Waals surface area contributed by atoms with E-state index in [4.69, 9.17) is 9.73 Å². The Kier molecular flexibility index (Phi) is 10.6. The van der Waals surface area contributed by atoms with Gasteiger partial charge in [-0.05, 0) is 160 Å². The van der Waals surface area contributed by atoms with Crippen LogP contribution in [0.2, 0.25) is 0 Å². The van der Waals surface area contributed by atoms with E-state index in [1.165, 1.54) is 42.4 Å². The highest BCUT2D eigenvalue weighted by molar-refractivity contribution is 5.95. The van der Waals surface area contributed by atoms with Gasteiger partial charge in [0.05, 0.1) is 23.7 Å². The van der Waals surface area contributed by atoms with Crippen LogP contribution in [-0.4, -0.2) is 23.6 Å². The normalized spacial score (nSPS) is 35.9. The Morgan fingerprint density at radius 3 is 2.22 bits per heavy atom. The summed E-state index contributed by atoms with van der Waals surface area (Å²) in [5.74, 6) is 1.72. The standard InChI is InChI=1S/C50H68N2O3/c1-14-36-28-50(32(4)27-33(5)52-37-17-15-35(30-51)16-18-37)26-25-48(12)38(44(50)43(36)31(2)3)19-20-40-47(11)23-22-41(55-42(54)29-45(7,8)34(6)53)46(9,10)39(47)21-24-49(40,48)13/h15-18,27,31,38-41H,1,19-26,28-29H2,2-13H3/b32-27+,52-33?. The van der Waals surface area contributed by atoms with Crippen molar-refractivity contribution in [2.24, 2.45) is 61.2 Å². The lowest BCUT2D eigenvalue weighted by Crippen LogP contribution is -2.65. The van der Waals surface area contributed by atoms with Crippen molar-refractivity contribution >= 4 is 23.2 Å². The molecule has 0 aromatic heterocycles. The summed E-state index contributed by atoms with van der Waals surface area (Å²) in [5.41, 5.74) is 11.4. The summed E-state index contributed by atoms with van der Waals surface area (Å²) in [7, 11) is 0. The maximum atomic E-state index is 13.3. The van der Waals surface area contributed by atoms with Crippen LogP contribution in [0.5, 0.6) is 0 Å². The van der Waals surface area contributed by atoms with Crippen molar-refractivity contribution in [2.75, 3.05) is 0 Å². The molecule has 4 saturated carbocycles. The monoisotopic (exact) mass is 745 g/mol. The molecule has 5 aliphatic rings. The minimum absolute atomic E-state index is 0.0241. The lowest BCUT2D eigenvalue weighted by atomic mass is 9.33. The first-order valence-electron chi connectivity index (χ1n) is 21.2. The second-order valence-electron chi connectivity index (χ2n) is 20.7. The molecule has 8 unspecified atom stereocenters.